The Labute approximate surface area is 107 Å². The van der Waals surface area contributed by atoms with Gasteiger partial charge in [0.2, 0.25) is 5.91 Å². The van der Waals surface area contributed by atoms with Gasteiger partial charge in [-0.15, -0.1) is 0 Å². The van der Waals surface area contributed by atoms with Gasteiger partial charge in [0.1, 0.15) is 5.25 Å². The first-order valence-electron chi connectivity index (χ1n) is 5.21. The number of hydrogen-bond donors (Lipinski definition) is 1. The van der Waals surface area contributed by atoms with Crippen molar-refractivity contribution in [1.82, 2.24) is 4.90 Å². The summed E-state index contributed by atoms with van der Waals surface area (Å²) in [5.74, 6) is -0.0955. The molecular weight excluding hydrogens is 260 g/mol. The number of nitrogens with two attached hydrogens (primary N) is 1. The Kier molecular flexibility index (Phi) is 3.40. The minimum Gasteiger partial charge on any atom is -0.399 e. The van der Waals surface area contributed by atoms with Gasteiger partial charge >= 0.3 is 0 Å². The summed E-state index contributed by atoms with van der Waals surface area (Å²) in [5.41, 5.74) is 6.13. The van der Waals surface area contributed by atoms with Crippen LogP contribution in [-0.2, 0) is 15.6 Å². The molecule has 0 saturated carbocycles. The van der Waals surface area contributed by atoms with Crippen molar-refractivity contribution < 1.29 is 9.00 Å². The van der Waals surface area contributed by atoms with Crippen LogP contribution < -0.4 is 5.73 Å². The molecule has 6 heteroatoms. The summed E-state index contributed by atoms with van der Waals surface area (Å²) in [6.07, 6.45) is 0.590. The van der Waals surface area contributed by atoms with Gasteiger partial charge in [-0.2, -0.15) is 0 Å². The molecule has 4 nitrogen and oxygen atoms in total. The average molecular weight is 273 g/mol. The summed E-state index contributed by atoms with van der Waals surface area (Å²) in [5, 5.41) is -0.112. The van der Waals surface area contributed by atoms with E-state index in [-0.39, 0.29) is 5.91 Å². The number of carbonyl (C=O) groups is 1. The van der Waals surface area contributed by atoms with Crippen LogP contribution in [0.5, 0.6) is 0 Å². The summed E-state index contributed by atoms with van der Waals surface area (Å²) >= 11 is 5.98. The molecule has 0 spiro atoms. The lowest BCUT2D eigenvalue weighted by Crippen LogP contribution is -2.28. The number of hydrogen-bond acceptors (Lipinski definition) is 3. The van der Waals surface area contributed by atoms with Gasteiger partial charge < -0.3 is 10.6 Å². The van der Waals surface area contributed by atoms with Gasteiger partial charge in [0.05, 0.1) is 20.7 Å². The van der Waals surface area contributed by atoms with E-state index in [1.165, 1.54) is 0 Å². The molecule has 0 aromatic heterocycles. The predicted octanol–water partition coefficient (Wildman–Crippen LogP) is 1.26. The minimum absolute atomic E-state index is 0.0955. The first kappa shape index (κ1) is 12.4. The molecule has 2 atom stereocenters. The lowest BCUT2D eigenvalue weighted by Gasteiger charge is -2.11. The largest absolute Gasteiger partial charge is 0.399 e. The van der Waals surface area contributed by atoms with E-state index in [0.29, 0.717) is 28.6 Å². The van der Waals surface area contributed by atoms with Gasteiger partial charge in [-0.1, -0.05) is 11.6 Å². The monoisotopic (exact) mass is 272 g/mol. The third-order valence-electron chi connectivity index (χ3n) is 2.81. The molecule has 1 fully saturated rings. The third-order valence-corrected chi connectivity index (χ3v) is 4.98. The van der Waals surface area contributed by atoms with E-state index in [0.717, 1.165) is 0 Å². The molecule has 1 aromatic carbocycles. The SMILES string of the molecule is CN1CCC(S(=O)c2cc(N)ccc2Cl)C1=O. The Morgan fingerprint density at radius 1 is 1.53 bits per heavy atom. The van der Waals surface area contributed by atoms with Crippen molar-refractivity contribution in [2.75, 3.05) is 19.3 Å². The van der Waals surface area contributed by atoms with E-state index in [4.69, 9.17) is 17.3 Å². The molecule has 1 saturated heterocycles. The van der Waals surface area contributed by atoms with E-state index < -0.39 is 16.0 Å². The van der Waals surface area contributed by atoms with Gasteiger partial charge in [-0.25, -0.2) is 0 Å². The smallest absolute Gasteiger partial charge is 0.238 e. The fourth-order valence-electron chi connectivity index (χ4n) is 1.82. The van der Waals surface area contributed by atoms with Crippen molar-refractivity contribution in [3.8, 4) is 0 Å². The molecule has 1 aliphatic rings. The van der Waals surface area contributed by atoms with Gasteiger partial charge in [0.15, 0.2) is 0 Å². The Morgan fingerprint density at radius 3 is 2.82 bits per heavy atom. The maximum Gasteiger partial charge on any atom is 0.238 e. The molecule has 1 aliphatic heterocycles. The molecule has 17 heavy (non-hydrogen) atoms. The summed E-state index contributed by atoms with van der Waals surface area (Å²) in [6, 6.07) is 4.82. The second-order valence-corrected chi connectivity index (χ2v) is 6.04. The molecule has 1 heterocycles. The number of likely N-dealkylation sites (tertiary alicyclic amines) is 1. The Balaban J connectivity index is 2.31. The number of nitrogen functional groups attached to an aromatic ring is 1. The van der Waals surface area contributed by atoms with E-state index >= 15 is 0 Å². The van der Waals surface area contributed by atoms with Crippen molar-refractivity contribution in [3.05, 3.63) is 23.2 Å². The first-order chi connectivity index (χ1) is 8.00. The van der Waals surface area contributed by atoms with E-state index in [1.54, 1.807) is 30.1 Å². The molecule has 0 bridgehead atoms. The molecule has 0 aliphatic carbocycles. The highest BCUT2D eigenvalue weighted by molar-refractivity contribution is 7.86. The lowest BCUT2D eigenvalue weighted by molar-refractivity contribution is -0.126. The predicted molar refractivity (Wildman–Crippen MR) is 68.3 cm³/mol. The molecule has 92 valence electrons. The van der Waals surface area contributed by atoms with E-state index in [2.05, 4.69) is 0 Å². The molecule has 2 rings (SSSR count). The molecule has 2 N–H and O–H groups in total. The quantitative estimate of drug-likeness (QED) is 0.825. The van der Waals surface area contributed by atoms with Crippen LogP contribution in [0, 0.1) is 0 Å². The average Bonchev–Trinajstić information content (AvgIpc) is 2.62. The number of halogens is 1. The zero-order valence-corrected chi connectivity index (χ0v) is 10.9. The second-order valence-electron chi connectivity index (χ2n) is 4.02. The lowest BCUT2D eigenvalue weighted by atomic mass is 10.3. The van der Waals surface area contributed by atoms with E-state index in [9.17, 15) is 9.00 Å². The van der Waals surface area contributed by atoms with Crippen LogP contribution in [0.1, 0.15) is 6.42 Å². The summed E-state index contributed by atoms with van der Waals surface area (Å²) in [6.45, 7) is 0.634. The molecule has 2 unspecified atom stereocenters. The molecular formula is C11H13ClN2O2S. The van der Waals surface area contributed by atoms with Crippen LogP contribution in [0.4, 0.5) is 5.69 Å². The van der Waals surface area contributed by atoms with Gasteiger partial charge in [0.25, 0.3) is 0 Å². The van der Waals surface area contributed by atoms with Crippen molar-refractivity contribution in [3.63, 3.8) is 0 Å². The standard InChI is InChI=1S/C11H13ClN2O2S/c1-14-5-4-9(11(14)15)17(16)10-6-7(13)2-3-8(10)12/h2-3,6,9H,4-5,13H2,1H3. The third kappa shape index (κ3) is 2.30. The Hall–Kier alpha value is -1.07. The maximum atomic E-state index is 12.3. The number of benzene rings is 1. The molecule has 1 aromatic rings. The van der Waals surface area contributed by atoms with E-state index in [1.807, 2.05) is 0 Å². The highest BCUT2D eigenvalue weighted by atomic mass is 35.5. The van der Waals surface area contributed by atoms with Crippen LogP contribution in [0.15, 0.2) is 23.1 Å². The van der Waals surface area contributed by atoms with Crippen LogP contribution in [0.3, 0.4) is 0 Å². The first-order valence-corrected chi connectivity index (χ1v) is 6.80. The van der Waals surface area contributed by atoms with Gasteiger partial charge in [-0.3, -0.25) is 9.00 Å². The summed E-state index contributed by atoms with van der Waals surface area (Å²) < 4.78 is 12.3. The maximum absolute atomic E-state index is 12.3. The van der Waals surface area contributed by atoms with Crippen molar-refractivity contribution in [1.29, 1.82) is 0 Å². The normalized spacial score (nSPS) is 21.9. The fourth-order valence-corrected chi connectivity index (χ4v) is 3.66. The molecule has 0 radical (unpaired) electrons. The highest BCUT2D eigenvalue weighted by Crippen LogP contribution is 2.27. The van der Waals surface area contributed by atoms with Gasteiger partial charge in [0, 0.05) is 19.3 Å². The fraction of sp³-hybridized carbons (Fsp3) is 0.364. The van der Waals surface area contributed by atoms with Crippen LogP contribution in [0.25, 0.3) is 0 Å². The zero-order chi connectivity index (χ0) is 12.6. The minimum atomic E-state index is -1.43. The van der Waals surface area contributed by atoms with Gasteiger partial charge in [-0.05, 0) is 24.6 Å². The van der Waals surface area contributed by atoms with Crippen LogP contribution in [0.2, 0.25) is 5.02 Å². The summed E-state index contributed by atoms with van der Waals surface area (Å²) in [4.78, 5) is 13.8. The number of nitrogens with zero attached hydrogens (tertiary/aromatic N) is 1. The van der Waals surface area contributed by atoms with Crippen molar-refractivity contribution in [2.45, 2.75) is 16.6 Å². The second kappa shape index (κ2) is 4.66. The van der Waals surface area contributed by atoms with Crippen LogP contribution in [-0.4, -0.2) is 33.9 Å². The van der Waals surface area contributed by atoms with Crippen LogP contribution >= 0.6 is 11.6 Å². The number of anilines is 1. The highest BCUT2D eigenvalue weighted by Gasteiger charge is 2.35. The summed E-state index contributed by atoms with van der Waals surface area (Å²) in [7, 11) is 0.274. The zero-order valence-electron chi connectivity index (χ0n) is 9.35. The van der Waals surface area contributed by atoms with Crippen molar-refractivity contribution >= 4 is 34.0 Å². The number of amides is 1. The Bertz CT molecular complexity index is 492. The Morgan fingerprint density at radius 2 is 2.24 bits per heavy atom. The molecule has 1 amide bonds. The van der Waals surface area contributed by atoms with Crippen molar-refractivity contribution in [2.24, 2.45) is 0 Å². The number of rotatable bonds is 2. The number of carbonyl (C=O) groups excluding carboxylic acids is 1. The topological polar surface area (TPSA) is 63.4 Å².